The summed E-state index contributed by atoms with van der Waals surface area (Å²) in [6.45, 7) is 2.65. The van der Waals surface area contributed by atoms with Crippen LogP contribution in [0.25, 0.3) is 0 Å². The Bertz CT molecular complexity index is 600. The van der Waals surface area contributed by atoms with E-state index in [-0.39, 0.29) is 27.7 Å². The smallest absolute Gasteiger partial charge is 0.275 e. The van der Waals surface area contributed by atoms with Crippen LogP contribution in [-0.4, -0.2) is 31.1 Å². The van der Waals surface area contributed by atoms with Crippen LogP contribution < -0.4 is 4.72 Å². The Balaban J connectivity index is 3.25. The van der Waals surface area contributed by atoms with Gasteiger partial charge in [0.2, 0.25) is 10.0 Å². The molecular weight excluding hydrogens is 296 g/mol. The molecule has 0 unspecified atom stereocenters. The number of aliphatic hydroxyl groups is 1. The van der Waals surface area contributed by atoms with Crippen molar-refractivity contribution in [3.05, 3.63) is 32.8 Å². The monoisotopic (exact) mass is 308 g/mol. The SMILES string of the molecule is Cc1c(Cl)cc(S(=O)(=O)NC[C@@H](C)O)cc1[N+](=O)[O-]. The molecule has 0 fully saturated rings. The molecular formula is C10H13ClN2O5S. The summed E-state index contributed by atoms with van der Waals surface area (Å²) < 4.78 is 25.9. The third-order valence-electron chi connectivity index (χ3n) is 2.37. The van der Waals surface area contributed by atoms with Gasteiger partial charge in [-0.3, -0.25) is 10.1 Å². The third kappa shape index (κ3) is 3.87. The second-order valence-electron chi connectivity index (χ2n) is 4.01. The zero-order valence-corrected chi connectivity index (χ0v) is 11.8. The van der Waals surface area contributed by atoms with E-state index in [0.717, 1.165) is 12.1 Å². The van der Waals surface area contributed by atoms with Crippen molar-refractivity contribution < 1.29 is 18.4 Å². The minimum atomic E-state index is -3.95. The molecule has 1 aromatic rings. The minimum absolute atomic E-state index is 0.00776. The van der Waals surface area contributed by atoms with E-state index in [9.17, 15) is 18.5 Å². The largest absolute Gasteiger partial charge is 0.392 e. The van der Waals surface area contributed by atoms with E-state index in [1.807, 2.05) is 0 Å². The Kier molecular flexibility index (Phi) is 4.86. The molecule has 0 radical (unpaired) electrons. The highest BCUT2D eigenvalue weighted by atomic mass is 35.5. The van der Waals surface area contributed by atoms with Crippen LogP contribution in [0.5, 0.6) is 0 Å². The van der Waals surface area contributed by atoms with Gasteiger partial charge in [-0.2, -0.15) is 0 Å². The number of nitrogens with zero attached hydrogens (tertiary/aromatic N) is 1. The number of nitro benzene ring substituents is 1. The summed E-state index contributed by atoms with van der Waals surface area (Å²) in [4.78, 5) is 9.80. The van der Waals surface area contributed by atoms with Gasteiger partial charge in [0, 0.05) is 18.2 Å². The average Bonchev–Trinajstić information content (AvgIpc) is 2.29. The molecule has 0 aliphatic rings. The molecule has 0 aliphatic heterocycles. The fourth-order valence-electron chi connectivity index (χ4n) is 1.30. The highest BCUT2D eigenvalue weighted by molar-refractivity contribution is 7.89. The highest BCUT2D eigenvalue weighted by Gasteiger charge is 2.22. The summed E-state index contributed by atoms with van der Waals surface area (Å²) in [5.41, 5.74) is -0.175. The van der Waals surface area contributed by atoms with Crippen LogP contribution in [0.15, 0.2) is 17.0 Å². The summed E-state index contributed by atoms with van der Waals surface area (Å²) in [6.07, 6.45) is -0.870. The second kappa shape index (κ2) is 5.83. The summed E-state index contributed by atoms with van der Waals surface area (Å²) in [5.74, 6) is 0. The molecule has 0 aromatic heterocycles. The lowest BCUT2D eigenvalue weighted by Gasteiger charge is -2.09. The van der Waals surface area contributed by atoms with Gasteiger partial charge in [0.1, 0.15) is 0 Å². The molecule has 106 valence electrons. The van der Waals surface area contributed by atoms with Crippen LogP contribution in [-0.2, 0) is 10.0 Å². The van der Waals surface area contributed by atoms with Crippen molar-refractivity contribution in [1.82, 2.24) is 4.72 Å². The number of rotatable bonds is 5. The lowest BCUT2D eigenvalue weighted by molar-refractivity contribution is -0.385. The first-order valence-corrected chi connectivity index (χ1v) is 7.13. The molecule has 7 nitrogen and oxygen atoms in total. The van der Waals surface area contributed by atoms with Gasteiger partial charge in [-0.05, 0) is 19.9 Å². The first-order valence-electron chi connectivity index (χ1n) is 5.27. The number of sulfonamides is 1. The molecule has 0 amide bonds. The number of halogens is 1. The first kappa shape index (κ1) is 15.8. The topological polar surface area (TPSA) is 110 Å². The maximum absolute atomic E-state index is 11.9. The van der Waals surface area contributed by atoms with Gasteiger partial charge < -0.3 is 5.11 Å². The van der Waals surface area contributed by atoms with Gasteiger partial charge in [-0.1, -0.05) is 11.6 Å². The van der Waals surface area contributed by atoms with E-state index in [2.05, 4.69) is 4.72 Å². The van der Waals surface area contributed by atoms with Crippen molar-refractivity contribution in [3.63, 3.8) is 0 Å². The summed E-state index contributed by atoms with van der Waals surface area (Å²) in [7, 11) is -3.95. The molecule has 0 spiro atoms. The number of nitro groups is 1. The van der Waals surface area contributed by atoms with Crippen LogP contribution >= 0.6 is 11.6 Å². The van der Waals surface area contributed by atoms with Crippen LogP contribution in [0.1, 0.15) is 12.5 Å². The van der Waals surface area contributed by atoms with Crippen molar-refractivity contribution in [1.29, 1.82) is 0 Å². The van der Waals surface area contributed by atoms with Gasteiger partial charge in [0.05, 0.1) is 20.9 Å². The van der Waals surface area contributed by atoms with E-state index in [1.165, 1.54) is 13.8 Å². The molecule has 0 heterocycles. The number of nitrogens with one attached hydrogen (secondary N) is 1. The lowest BCUT2D eigenvalue weighted by atomic mass is 10.2. The molecule has 1 aromatic carbocycles. The average molecular weight is 309 g/mol. The predicted molar refractivity (Wildman–Crippen MR) is 69.7 cm³/mol. The number of hydrogen-bond donors (Lipinski definition) is 2. The Morgan fingerprint density at radius 1 is 1.53 bits per heavy atom. The molecule has 0 saturated carbocycles. The van der Waals surface area contributed by atoms with Crippen LogP contribution in [0.2, 0.25) is 5.02 Å². The summed E-state index contributed by atoms with van der Waals surface area (Å²) in [5, 5.41) is 19.8. The molecule has 0 saturated heterocycles. The molecule has 19 heavy (non-hydrogen) atoms. The normalized spacial score (nSPS) is 13.3. The maximum atomic E-state index is 11.9. The zero-order chi connectivity index (χ0) is 14.8. The first-order chi connectivity index (χ1) is 8.65. The Labute approximate surface area is 115 Å². The number of benzene rings is 1. The van der Waals surface area contributed by atoms with Crippen molar-refractivity contribution in [2.75, 3.05) is 6.54 Å². The standard InChI is InChI=1S/C10H13ClN2O5S/c1-6(14)5-12-19(17,18)8-3-9(11)7(2)10(4-8)13(15)16/h3-4,6,12,14H,5H2,1-2H3/t6-/m1/s1. The van der Waals surface area contributed by atoms with Gasteiger partial charge >= 0.3 is 0 Å². The zero-order valence-electron chi connectivity index (χ0n) is 10.3. The van der Waals surface area contributed by atoms with Crippen molar-refractivity contribution in [2.24, 2.45) is 0 Å². The van der Waals surface area contributed by atoms with E-state index >= 15 is 0 Å². The Hall–Kier alpha value is -1.22. The van der Waals surface area contributed by atoms with Crippen molar-refractivity contribution >= 4 is 27.3 Å². The fourth-order valence-corrected chi connectivity index (χ4v) is 2.74. The van der Waals surface area contributed by atoms with Crippen LogP contribution in [0.4, 0.5) is 5.69 Å². The number of aliphatic hydroxyl groups excluding tert-OH is 1. The molecule has 2 N–H and O–H groups in total. The molecule has 0 aliphatic carbocycles. The Morgan fingerprint density at radius 3 is 2.58 bits per heavy atom. The van der Waals surface area contributed by atoms with E-state index in [0.29, 0.717) is 0 Å². The van der Waals surface area contributed by atoms with Crippen LogP contribution in [0, 0.1) is 17.0 Å². The second-order valence-corrected chi connectivity index (χ2v) is 6.18. The van der Waals surface area contributed by atoms with Gasteiger partial charge in [-0.15, -0.1) is 0 Å². The van der Waals surface area contributed by atoms with Gasteiger partial charge in [0.15, 0.2) is 0 Å². The molecule has 9 heteroatoms. The Morgan fingerprint density at radius 2 is 2.11 bits per heavy atom. The maximum Gasteiger partial charge on any atom is 0.275 e. The minimum Gasteiger partial charge on any atom is -0.392 e. The summed E-state index contributed by atoms with van der Waals surface area (Å²) >= 11 is 5.79. The van der Waals surface area contributed by atoms with E-state index < -0.39 is 21.1 Å². The van der Waals surface area contributed by atoms with Gasteiger partial charge in [0.25, 0.3) is 5.69 Å². The molecule has 0 bridgehead atoms. The number of hydrogen-bond acceptors (Lipinski definition) is 5. The van der Waals surface area contributed by atoms with Crippen LogP contribution in [0.3, 0.4) is 0 Å². The van der Waals surface area contributed by atoms with Crippen molar-refractivity contribution in [2.45, 2.75) is 24.8 Å². The van der Waals surface area contributed by atoms with E-state index in [1.54, 1.807) is 0 Å². The lowest BCUT2D eigenvalue weighted by Crippen LogP contribution is -2.30. The van der Waals surface area contributed by atoms with Gasteiger partial charge in [-0.25, -0.2) is 13.1 Å². The van der Waals surface area contributed by atoms with Crippen molar-refractivity contribution in [3.8, 4) is 0 Å². The molecule has 1 atom stereocenters. The fraction of sp³-hybridized carbons (Fsp3) is 0.400. The van der Waals surface area contributed by atoms with E-state index in [4.69, 9.17) is 16.7 Å². The highest BCUT2D eigenvalue weighted by Crippen LogP contribution is 2.29. The molecule has 1 rings (SSSR count). The summed E-state index contributed by atoms with van der Waals surface area (Å²) in [6, 6.07) is 2.07. The quantitative estimate of drug-likeness (QED) is 0.627. The predicted octanol–water partition coefficient (Wildman–Crippen LogP) is 1.22. The third-order valence-corrected chi connectivity index (χ3v) is 4.16.